The van der Waals surface area contributed by atoms with Crippen molar-refractivity contribution in [2.24, 2.45) is 0 Å². The lowest BCUT2D eigenvalue weighted by Gasteiger charge is -2.25. The maximum absolute atomic E-state index is 12.5. The Labute approximate surface area is 137 Å². The molecule has 0 aliphatic carbocycles. The Bertz CT molecular complexity index is 501. The number of rotatable bonds is 8. The third-order valence-electron chi connectivity index (χ3n) is 3.57. The van der Waals surface area contributed by atoms with Gasteiger partial charge >= 0.3 is 0 Å². The van der Waals surface area contributed by atoms with Gasteiger partial charge in [0.25, 0.3) is 5.91 Å². The first-order chi connectivity index (χ1) is 10.5. The molecule has 122 valence electrons. The number of hydrogen-bond donors (Lipinski definition) is 1. The summed E-state index contributed by atoms with van der Waals surface area (Å²) in [4.78, 5) is 26.7. The SMILES string of the molecule is CCN(CC)C(=O)C(CCSC)NC(=O)c1cccc(C)c1. The largest absolute Gasteiger partial charge is 0.341 e. The third kappa shape index (κ3) is 5.37. The van der Waals surface area contributed by atoms with Crippen LogP contribution >= 0.6 is 11.8 Å². The average molecular weight is 322 g/mol. The molecule has 1 aromatic carbocycles. The van der Waals surface area contributed by atoms with E-state index in [-0.39, 0.29) is 11.8 Å². The highest BCUT2D eigenvalue weighted by atomic mass is 32.2. The Balaban J connectivity index is 2.84. The topological polar surface area (TPSA) is 49.4 Å². The van der Waals surface area contributed by atoms with E-state index in [0.717, 1.165) is 11.3 Å². The molecule has 0 aromatic heterocycles. The van der Waals surface area contributed by atoms with Gasteiger partial charge in [-0.2, -0.15) is 11.8 Å². The second-order valence-electron chi connectivity index (χ2n) is 5.19. The number of nitrogens with one attached hydrogen (secondary N) is 1. The molecular formula is C17H26N2O2S. The molecule has 0 aliphatic heterocycles. The fourth-order valence-corrected chi connectivity index (χ4v) is 2.75. The highest BCUT2D eigenvalue weighted by Gasteiger charge is 2.24. The molecule has 2 amide bonds. The predicted octanol–water partition coefficient (Wildman–Crippen LogP) is 2.71. The summed E-state index contributed by atoms with van der Waals surface area (Å²) in [5.41, 5.74) is 1.63. The predicted molar refractivity (Wildman–Crippen MR) is 93.4 cm³/mol. The van der Waals surface area contributed by atoms with Crippen molar-refractivity contribution in [3.05, 3.63) is 35.4 Å². The van der Waals surface area contributed by atoms with E-state index in [9.17, 15) is 9.59 Å². The normalized spacial score (nSPS) is 11.8. The Morgan fingerprint density at radius 2 is 1.95 bits per heavy atom. The first-order valence-electron chi connectivity index (χ1n) is 7.68. The van der Waals surface area contributed by atoms with Crippen molar-refractivity contribution in [1.82, 2.24) is 10.2 Å². The molecule has 0 bridgehead atoms. The summed E-state index contributed by atoms with van der Waals surface area (Å²) in [5, 5.41) is 2.90. The second kappa shape index (κ2) is 9.51. The summed E-state index contributed by atoms with van der Waals surface area (Å²) in [6.45, 7) is 7.17. The van der Waals surface area contributed by atoms with E-state index in [1.165, 1.54) is 0 Å². The summed E-state index contributed by atoms with van der Waals surface area (Å²) in [7, 11) is 0. The molecule has 0 saturated carbocycles. The average Bonchev–Trinajstić information content (AvgIpc) is 2.52. The molecule has 1 rings (SSSR count). The lowest BCUT2D eigenvalue weighted by molar-refractivity contribution is -0.132. The molecule has 5 heteroatoms. The zero-order valence-electron chi connectivity index (χ0n) is 13.9. The first kappa shape index (κ1) is 18.6. The molecule has 0 saturated heterocycles. The summed E-state index contributed by atoms with van der Waals surface area (Å²) < 4.78 is 0. The van der Waals surface area contributed by atoms with Gasteiger partial charge in [-0.25, -0.2) is 0 Å². The van der Waals surface area contributed by atoms with Gasteiger partial charge in [-0.05, 0) is 51.3 Å². The van der Waals surface area contributed by atoms with Gasteiger partial charge in [-0.3, -0.25) is 9.59 Å². The van der Waals surface area contributed by atoms with Crippen molar-refractivity contribution >= 4 is 23.6 Å². The van der Waals surface area contributed by atoms with Crippen molar-refractivity contribution in [1.29, 1.82) is 0 Å². The van der Waals surface area contributed by atoms with E-state index >= 15 is 0 Å². The van der Waals surface area contributed by atoms with Crippen molar-refractivity contribution < 1.29 is 9.59 Å². The quantitative estimate of drug-likeness (QED) is 0.800. The third-order valence-corrected chi connectivity index (χ3v) is 4.21. The van der Waals surface area contributed by atoms with Gasteiger partial charge in [-0.1, -0.05) is 17.7 Å². The van der Waals surface area contributed by atoms with Gasteiger partial charge in [0.05, 0.1) is 0 Å². The zero-order chi connectivity index (χ0) is 16.5. The number of amides is 2. The van der Waals surface area contributed by atoms with Gasteiger partial charge in [0.15, 0.2) is 0 Å². The number of benzene rings is 1. The van der Waals surface area contributed by atoms with E-state index in [4.69, 9.17) is 0 Å². The number of nitrogens with zero attached hydrogens (tertiary/aromatic N) is 1. The molecule has 1 unspecified atom stereocenters. The van der Waals surface area contributed by atoms with Gasteiger partial charge in [0, 0.05) is 18.7 Å². The molecule has 0 spiro atoms. The zero-order valence-corrected chi connectivity index (χ0v) is 14.7. The van der Waals surface area contributed by atoms with Gasteiger partial charge < -0.3 is 10.2 Å². The molecular weight excluding hydrogens is 296 g/mol. The summed E-state index contributed by atoms with van der Waals surface area (Å²) in [6.07, 6.45) is 2.65. The highest BCUT2D eigenvalue weighted by Crippen LogP contribution is 2.08. The fraction of sp³-hybridized carbons (Fsp3) is 0.529. The van der Waals surface area contributed by atoms with Crippen molar-refractivity contribution in [2.75, 3.05) is 25.1 Å². The van der Waals surface area contributed by atoms with Crippen LogP contribution in [0.15, 0.2) is 24.3 Å². The summed E-state index contributed by atoms with van der Waals surface area (Å²) in [5.74, 6) is 0.654. The van der Waals surface area contributed by atoms with Crippen LogP contribution in [0.25, 0.3) is 0 Å². The van der Waals surface area contributed by atoms with Gasteiger partial charge in [0.1, 0.15) is 6.04 Å². The van der Waals surface area contributed by atoms with Crippen LogP contribution in [0.4, 0.5) is 0 Å². The number of hydrogen-bond acceptors (Lipinski definition) is 3. The number of likely N-dealkylation sites (N-methyl/N-ethyl adjacent to an activating group) is 1. The van der Waals surface area contributed by atoms with E-state index < -0.39 is 6.04 Å². The van der Waals surface area contributed by atoms with Crippen LogP contribution in [0, 0.1) is 6.92 Å². The van der Waals surface area contributed by atoms with Crippen LogP contribution in [0.3, 0.4) is 0 Å². The van der Waals surface area contributed by atoms with Crippen molar-refractivity contribution in [3.63, 3.8) is 0 Å². The molecule has 0 aliphatic rings. The number of aryl methyl sites for hydroxylation is 1. The Morgan fingerprint density at radius 3 is 2.50 bits per heavy atom. The van der Waals surface area contributed by atoms with Gasteiger partial charge in [-0.15, -0.1) is 0 Å². The molecule has 0 heterocycles. The summed E-state index contributed by atoms with van der Waals surface area (Å²) >= 11 is 1.68. The maximum Gasteiger partial charge on any atom is 0.251 e. The highest BCUT2D eigenvalue weighted by molar-refractivity contribution is 7.98. The van der Waals surface area contributed by atoms with Crippen LogP contribution in [-0.4, -0.2) is 47.9 Å². The minimum Gasteiger partial charge on any atom is -0.341 e. The Morgan fingerprint density at radius 1 is 1.27 bits per heavy atom. The van der Waals surface area contributed by atoms with Gasteiger partial charge in [0.2, 0.25) is 5.91 Å². The minimum absolute atomic E-state index is 0.0000491. The molecule has 1 aromatic rings. The lowest BCUT2D eigenvalue weighted by Crippen LogP contribution is -2.48. The van der Waals surface area contributed by atoms with Crippen molar-refractivity contribution in [3.8, 4) is 0 Å². The van der Waals surface area contributed by atoms with Crippen LogP contribution in [-0.2, 0) is 4.79 Å². The summed E-state index contributed by atoms with van der Waals surface area (Å²) in [6, 6.07) is 6.95. The maximum atomic E-state index is 12.5. The number of carbonyl (C=O) groups excluding carboxylic acids is 2. The molecule has 4 nitrogen and oxygen atoms in total. The Kier molecular flexibility index (Phi) is 8.02. The van der Waals surface area contributed by atoms with Crippen molar-refractivity contribution in [2.45, 2.75) is 33.2 Å². The van der Waals surface area contributed by atoms with E-state index in [1.807, 2.05) is 45.2 Å². The van der Waals surface area contributed by atoms with Crippen LogP contribution in [0.2, 0.25) is 0 Å². The molecule has 1 N–H and O–H groups in total. The lowest BCUT2D eigenvalue weighted by atomic mass is 10.1. The first-order valence-corrected chi connectivity index (χ1v) is 9.08. The molecule has 22 heavy (non-hydrogen) atoms. The molecule has 1 atom stereocenters. The van der Waals surface area contributed by atoms with Crippen LogP contribution in [0.1, 0.15) is 36.2 Å². The number of thioether (sulfide) groups is 1. The van der Waals surface area contributed by atoms with Crippen LogP contribution < -0.4 is 5.32 Å². The Hall–Kier alpha value is -1.49. The fourth-order valence-electron chi connectivity index (χ4n) is 2.28. The second-order valence-corrected chi connectivity index (χ2v) is 6.17. The van der Waals surface area contributed by atoms with Crippen LogP contribution in [0.5, 0.6) is 0 Å². The minimum atomic E-state index is -0.458. The molecule has 0 radical (unpaired) electrons. The standard InChI is InChI=1S/C17H26N2O2S/c1-5-19(6-2)17(21)15(10-11-22-4)18-16(20)14-9-7-8-13(3)12-14/h7-9,12,15H,5-6,10-11H2,1-4H3,(H,18,20). The molecule has 0 fully saturated rings. The smallest absolute Gasteiger partial charge is 0.251 e. The number of carbonyl (C=O) groups is 2. The monoisotopic (exact) mass is 322 g/mol. The van der Waals surface area contributed by atoms with E-state index in [1.54, 1.807) is 22.7 Å². The van der Waals surface area contributed by atoms with E-state index in [0.29, 0.717) is 25.1 Å². The van der Waals surface area contributed by atoms with E-state index in [2.05, 4.69) is 5.32 Å².